The molecule has 0 N–H and O–H groups in total. The van der Waals surface area contributed by atoms with Crippen LogP contribution in [0.2, 0.25) is 0 Å². The molecule has 1 fully saturated rings. The molecule has 1 unspecified atom stereocenters. The van der Waals surface area contributed by atoms with Gasteiger partial charge in [0.1, 0.15) is 0 Å². The van der Waals surface area contributed by atoms with Crippen molar-refractivity contribution in [2.75, 3.05) is 18.5 Å². The molecule has 1 nitrogen and oxygen atoms in total. The SMILES string of the molecule is Cc1ccccc1CC1(CBr)CCCOC1. The van der Waals surface area contributed by atoms with Gasteiger partial charge < -0.3 is 4.74 Å². The first-order valence-electron chi connectivity index (χ1n) is 5.94. The van der Waals surface area contributed by atoms with Crippen LogP contribution >= 0.6 is 15.9 Å². The quantitative estimate of drug-likeness (QED) is 0.768. The van der Waals surface area contributed by atoms with Gasteiger partial charge in [-0.15, -0.1) is 0 Å². The topological polar surface area (TPSA) is 9.23 Å². The van der Waals surface area contributed by atoms with Crippen LogP contribution in [0.5, 0.6) is 0 Å². The summed E-state index contributed by atoms with van der Waals surface area (Å²) in [4.78, 5) is 0. The Hall–Kier alpha value is -0.340. The Bertz CT molecular complexity index is 342. The summed E-state index contributed by atoms with van der Waals surface area (Å²) in [5, 5.41) is 1.04. The molecule has 2 heteroatoms. The van der Waals surface area contributed by atoms with Crippen LogP contribution in [0.3, 0.4) is 0 Å². The smallest absolute Gasteiger partial charge is 0.0533 e. The van der Waals surface area contributed by atoms with Gasteiger partial charge in [0.2, 0.25) is 0 Å². The average molecular weight is 283 g/mol. The highest BCUT2D eigenvalue weighted by atomic mass is 79.9. The Morgan fingerprint density at radius 1 is 1.38 bits per heavy atom. The van der Waals surface area contributed by atoms with E-state index in [9.17, 15) is 0 Å². The molecule has 0 spiro atoms. The third kappa shape index (κ3) is 2.67. The molecule has 0 radical (unpaired) electrons. The van der Waals surface area contributed by atoms with Crippen LogP contribution in [-0.2, 0) is 11.2 Å². The van der Waals surface area contributed by atoms with Gasteiger partial charge in [-0.1, -0.05) is 40.2 Å². The summed E-state index contributed by atoms with van der Waals surface area (Å²) in [6.45, 7) is 4.02. The lowest BCUT2D eigenvalue weighted by Gasteiger charge is -2.36. The first-order valence-corrected chi connectivity index (χ1v) is 7.06. The molecule has 1 aromatic rings. The van der Waals surface area contributed by atoms with E-state index in [4.69, 9.17) is 4.74 Å². The number of hydrogen-bond acceptors (Lipinski definition) is 1. The van der Waals surface area contributed by atoms with E-state index in [1.807, 2.05) is 0 Å². The second kappa shape index (κ2) is 5.33. The molecule has 0 bridgehead atoms. The Balaban J connectivity index is 2.15. The van der Waals surface area contributed by atoms with Crippen LogP contribution in [0.15, 0.2) is 24.3 Å². The normalized spacial score (nSPS) is 25.6. The Morgan fingerprint density at radius 2 is 2.19 bits per heavy atom. The number of hydrogen-bond donors (Lipinski definition) is 0. The van der Waals surface area contributed by atoms with Gasteiger partial charge in [0, 0.05) is 17.4 Å². The van der Waals surface area contributed by atoms with E-state index >= 15 is 0 Å². The number of alkyl halides is 1. The average Bonchev–Trinajstić information content (AvgIpc) is 2.33. The number of benzene rings is 1. The van der Waals surface area contributed by atoms with E-state index in [2.05, 4.69) is 47.1 Å². The van der Waals surface area contributed by atoms with Gasteiger partial charge in [0.05, 0.1) is 6.61 Å². The van der Waals surface area contributed by atoms with Crippen molar-refractivity contribution in [1.29, 1.82) is 0 Å². The van der Waals surface area contributed by atoms with E-state index in [0.29, 0.717) is 5.41 Å². The summed E-state index contributed by atoms with van der Waals surface area (Å²) in [5.41, 5.74) is 3.17. The molecule has 1 saturated heterocycles. The molecule has 88 valence electrons. The molecule has 1 aromatic carbocycles. The van der Waals surface area contributed by atoms with E-state index in [1.165, 1.54) is 24.0 Å². The second-order valence-electron chi connectivity index (χ2n) is 4.89. The first-order chi connectivity index (χ1) is 7.76. The maximum atomic E-state index is 5.66. The number of halogens is 1. The van der Waals surface area contributed by atoms with Crippen LogP contribution in [0, 0.1) is 12.3 Å². The fraction of sp³-hybridized carbons (Fsp3) is 0.571. The fourth-order valence-electron chi connectivity index (χ4n) is 2.41. The Kier molecular flexibility index (Phi) is 4.04. The highest BCUT2D eigenvalue weighted by molar-refractivity contribution is 9.09. The predicted molar refractivity (Wildman–Crippen MR) is 71.2 cm³/mol. The van der Waals surface area contributed by atoms with Gasteiger partial charge in [0.25, 0.3) is 0 Å². The van der Waals surface area contributed by atoms with Crippen molar-refractivity contribution < 1.29 is 4.74 Å². The zero-order valence-corrected chi connectivity index (χ0v) is 11.4. The molecule has 0 saturated carbocycles. The molecule has 0 amide bonds. The lowest BCUT2D eigenvalue weighted by Crippen LogP contribution is -2.35. The summed E-state index contributed by atoms with van der Waals surface area (Å²) in [6.07, 6.45) is 3.59. The number of ether oxygens (including phenoxy) is 1. The van der Waals surface area contributed by atoms with Crippen molar-refractivity contribution in [3.63, 3.8) is 0 Å². The lowest BCUT2D eigenvalue weighted by atomic mass is 9.78. The molecule has 1 aliphatic heterocycles. The van der Waals surface area contributed by atoms with Gasteiger partial charge in [-0.25, -0.2) is 0 Å². The summed E-state index contributed by atoms with van der Waals surface area (Å²) in [7, 11) is 0. The van der Waals surface area contributed by atoms with Gasteiger partial charge in [-0.2, -0.15) is 0 Å². The fourth-order valence-corrected chi connectivity index (χ4v) is 3.06. The summed E-state index contributed by atoms with van der Waals surface area (Å²) in [5.74, 6) is 0. The maximum absolute atomic E-state index is 5.66. The zero-order chi connectivity index (χ0) is 11.4. The standard InChI is InChI=1S/C14H19BrO/c1-12-5-2-3-6-13(12)9-14(10-15)7-4-8-16-11-14/h2-3,5-6H,4,7-11H2,1H3. The molecule has 0 aliphatic carbocycles. The van der Waals surface area contributed by atoms with Crippen molar-refractivity contribution in [3.05, 3.63) is 35.4 Å². The van der Waals surface area contributed by atoms with Gasteiger partial charge >= 0.3 is 0 Å². The van der Waals surface area contributed by atoms with Gasteiger partial charge in [-0.05, 0) is 37.3 Å². The molecule has 2 rings (SSSR count). The van der Waals surface area contributed by atoms with Crippen LogP contribution in [0.4, 0.5) is 0 Å². The van der Waals surface area contributed by atoms with Crippen molar-refractivity contribution in [1.82, 2.24) is 0 Å². The van der Waals surface area contributed by atoms with E-state index < -0.39 is 0 Å². The molecule has 1 aliphatic rings. The van der Waals surface area contributed by atoms with Crippen LogP contribution in [-0.4, -0.2) is 18.5 Å². The molecular weight excluding hydrogens is 264 g/mol. The van der Waals surface area contributed by atoms with E-state index in [-0.39, 0.29) is 0 Å². The lowest BCUT2D eigenvalue weighted by molar-refractivity contribution is 0.00608. The minimum atomic E-state index is 0.310. The minimum absolute atomic E-state index is 0.310. The Labute approximate surface area is 106 Å². The minimum Gasteiger partial charge on any atom is -0.381 e. The molecule has 1 atom stereocenters. The third-order valence-electron chi connectivity index (χ3n) is 3.51. The predicted octanol–water partition coefficient (Wildman–Crippen LogP) is 3.73. The highest BCUT2D eigenvalue weighted by Gasteiger charge is 2.32. The number of aryl methyl sites for hydroxylation is 1. The van der Waals surface area contributed by atoms with Crippen molar-refractivity contribution in [3.8, 4) is 0 Å². The summed E-state index contributed by atoms with van der Waals surface area (Å²) < 4.78 is 5.66. The van der Waals surface area contributed by atoms with Crippen LogP contribution in [0.25, 0.3) is 0 Å². The summed E-state index contributed by atoms with van der Waals surface area (Å²) >= 11 is 3.67. The monoisotopic (exact) mass is 282 g/mol. The van der Waals surface area contributed by atoms with Gasteiger partial charge in [0.15, 0.2) is 0 Å². The number of rotatable bonds is 3. The molecule has 0 aromatic heterocycles. The maximum Gasteiger partial charge on any atom is 0.0533 e. The highest BCUT2D eigenvalue weighted by Crippen LogP contribution is 2.35. The zero-order valence-electron chi connectivity index (χ0n) is 9.84. The molecule has 16 heavy (non-hydrogen) atoms. The van der Waals surface area contributed by atoms with E-state index in [1.54, 1.807) is 0 Å². The molecular formula is C14H19BrO. The van der Waals surface area contributed by atoms with Crippen molar-refractivity contribution in [2.24, 2.45) is 5.41 Å². The van der Waals surface area contributed by atoms with Crippen molar-refractivity contribution >= 4 is 15.9 Å². The van der Waals surface area contributed by atoms with Crippen molar-refractivity contribution in [2.45, 2.75) is 26.2 Å². The largest absolute Gasteiger partial charge is 0.381 e. The van der Waals surface area contributed by atoms with Crippen LogP contribution in [0.1, 0.15) is 24.0 Å². The third-order valence-corrected chi connectivity index (χ3v) is 4.70. The van der Waals surface area contributed by atoms with Gasteiger partial charge in [-0.3, -0.25) is 0 Å². The van der Waals surface area contributed by atoms with E-state index in [0.717, 1.165) is 25.0 Å². The molecule has 1 heterocycles. The first kappa shape index (κ1) is 12.1. The van der Waals surface area contributed by atoms with Crippen LogP contribution < -0.4 is 0 Å². The Morgan fingerprint density at radius 3 is 2.81 bits per heavy atom. The summed E-state index contributed by atoms with van der Waals surface area (Å²) in [6, 6.07) is 8.68. The second-order valence-corrected chi connectivity index (χ2v) is 5.45.